The van der Waals surface area contributed by atoms with Gasteiger partial charge in [-0.2, -0.15) is 0 Å². The van der Waals surface area contributed by atoms with Crippen LogP contribution in [-0.2, 0) is 6.54 Å². The van der Waals surface area contributed by atoms with Crippen molar-refractivity contribution in [3.05, 3.63) is 21.3 Å². The Morgan fingerprint density at radius 1 is 1.54 bits per heavy atom. The molecule has 2 heterocycles. The van der Waals surface area contributed by atoms with Crippen molar-refractivity contribution in [2.24, 2.45) is 5.73 Å². The van der Waals surface area contributed by atoms with Crippen molar-refractivity contribution in [3.63, 3.8) is 0 Å². The Labute approximate surface area is 86.9 Å². The van der Waals surface area contributed by atoms with Gasteiger partial charge in [-0.05, 0) is 15.9 Å². The first-order valence-corrected chi connectivity index (χ1v) is 5.22. The Hall–Kier alpha value is -0.720. The molecule has 2 N–H and O–H groups in total. The van der Waals surface area contributed by atoms with Gasteiger partial charge >= 0.3 is 0 Å². The number of aromatic nitrogens is 2. The van der Waals surface area contributed by atoms with Gasteiger partial charge < -0.3 is 10.2 Å². The molecule has 0 aliphatic heterocycles. The zero-order valence-electron chi connectivity index (χ0n) is 6.53. The van der Waals surface area contributed by atoms with Crippen LogP contribution < -0.4 is 5.73 Å². The molecule has 0 spiro atoms. The number of halogens is 1. The number of nitrogens with zero attached hydrogens (tertiary/aromatic N) is 2. The zero-order chi connectivity index (χ0) is 9.26. The van der Waals surface area contributed by atoms with E-state index in [-0.39, 0.29) is 0 Å². The molecule has 0 saturated carbocycles. The van der Waals surface area contributed by atoms with E-state index in [4.69, 9.17) is 10.2 Å². The van der Waals surface area contributed by atoms with Gasteiger partial charge in [0.25, 0.3) is 0 Å². The van der Waals surface area contributed by atoms with Crippen LogP contribution in [0.1, 0.15) is 5.76 Å². The quantitative estimate of drug-likeness (QED) is 0.897. The van der Waals surface area contributed by atoms with Gasteiger partial charge in [0, 0.05) is 0 Å². The fraction of sp³-hybridized carbons (Fsp3) is 0.143. The standard InChI is InChI=1S/C7H6BrN3OS/c8-6-5(11-3-13-6)7-10-2-4(1-9)12-7/h2-3H,1,9H2. The lowest BCUT2D eigenvalue weighted by Gasteiger charge is -1.89. The van der Waals surface area contributed by atoms with Crippen LogP contribution in [0.5, 0.6) is 0 Å². The lowest BCUT2D eigenvalue weighted by molar-refractivity contribution is 0.519. The van der Waals surface area contributed by atoms with E-state index in [1.54, 1.807) is 11.7 Å². The average Bonchev–Trinajstić information content (AvgIpc) is 2.71. The van der Waals surface area contributed by atoms with Crippen molar-refractivity contribution in [2.75, 3.05) is 0 Å². The molecule has 0 aromatic carbocycles. The summed E-state index contributed by atoms with van der Waals surface area (Å²) in [6.45, 7) is 0.356. The molecule has 0 fully saturated rings. The highest BCUT2D eigenvalue weighted by molar-refractivity contribution is 9.11. The average molecular weight is 260 g/mol. The monoisotopic (exact) mass is 259 g/mol. The van der Waals surface area contributed by atoms with Crippen molar-refractivity contribution >= 4 is 27.3 Å². The van der Waals surface area contributed by atoms with Crippen LogP contribution in [0.4, 0.5) is 0 Å². The summed E-state index contributed by atoms with van der Waals surface area (Å²) in [5, 5.41) is 0. The number of nitrogens with two attached hydrogens (primary N) is 1. The normalized spacial score (nSPS) is 10.6. The molecule has 6 heteroatoms. The SMILES string of the molecule is NCc1cnc(-c2ncsc2Br)o1. The Morgan fingerprint density at radius 2 is 2.38 bits per heavy atom. The van der Waals surface area contributed by atoms with E-state index in [2.05, 4.69) is 25.9 Å². The van der Waals surface area contributed by atoms with Gasteiger partial charge in [0.1, 0.15) is 9.55 Å². The minimum Gasteiger partial charge on any atom is -0.438 e. The molecule has 2 aromatic heterocycles. The van der Waals surface area contributed by atoms with Crippen molar-refractivity contribution in [3.8, 4) is 11.6 Å². The van der Waals surface area contributed by atoms with Gasteiger partial charge in [0.2, 0.25) is 5.89 Å². The second-order valence-electron chi connectivity index (χ2n) is 2.31. The van der Waals surface area contributed by atoms with Crippen LogP contribution in [0.15, 0.2) is 19.9 Å². The molecule has 4 nitrogen and oxygen atoms in total. The molecule has 0 bridgehead atoms. The second kappa shape index (κ2) is 3.57. The largest absolute Gasteiger partial charge is 0.438 e. The van der Waals surface area contributed by atoms with Gasteiger partial charge in [0.05, 0.1) is 18.3 Å². The van der Waals surface area contributed by atoms with E-state index < -0.39 is 0 Å². The number of thiazole rings is 1. The molecule has 13 heavy (non-hydrogen) atoms. The van der Waals surface area contributed by atoms with E-state index in [0.717, 1.165) is 9.48 Å². The molecule has 0 saturated heterocycles. The fourth-order valence-corrected chi connectivity index (χ4v) is 1.91. The number of rotatable bonds is 2. The Bertz CT molecular complexity index is 411. The highest BCUT2D eigenvalue weighted by atomic mass is 79.9. The summed E-state index contributed by atoms with van der Waals surface area (Å²) < 4.78 is 6.25. The highest BCUT2D eigenvalue weighted by Gasteiger charge is 2.11. The Kier molecular flexibility index (Phi) is 2.43. The molecule has 0 radical (unpaired) electrons. The van der Waals surface area contributed by atoms with E-state index in [9.17, 15) is 0 Å². The third-order valence-corrected chi connectivity index (χ3v) is 3.03. The second-order valence-corrected chi connectivity index (χ2v) is 4.48. The van der Waals surface area contributed by atoms with Crippen LogP contribution >= 0.6 is 27.3 Å². The molecular formula is C7H6BrN3OS. The van der Waals surface area contributed by atoms with Gasteiger partial charge in [-0.25, -0.2) is 9.97 Å². The number of hydrogen-bond acceptors (Lipinski definition) is 5. The van der Waals surface area contributed by atoms with Crippen LogP contribution in [0.25, 0.3) is 11.6 Å². The van der Waals surface area contributed by atoms with E-state index >= 15 is 0 Å². The molecular weight excluding hydrogens is 254 g/mol. The number of hydrogen-bond donors (Lipinski definition) is 1. The van der Waals surface area contributed by atoms with E-state index in [1.807, 2.05) is 0 Å². The third kappa shape index (κ3) is 1.65. The Balaban J connectivity index is 2.41. The fourth-order valence-electron chi connectivity index (χ4n) is 0.883. The predicted octanol–water partition coefficient (Wildman–Crippen LogP) is 2.02. The summed E-state index contributed by atoms with van der Waals surface area (Å²) in [7, 11) is 0. The van der Waals surface area contributed by atoms with Gasteiger partial charge in [-0.15, -0.1) is 11.3 Å². The van der Waals surface area contributed by atoms with Gasteiger partial charge in [-0.1, -0.05) is 0 Å². The molecule has 68 valence electrons. The lowest BCUT2D eigenvalue weighted by Crippen LogP contribution is -1.92. The van der Waals surface area contributed by atoms with Crippen LogP contribution in [0, 0.1) is 0 Å². The van der Waals surface area contributed by atoms with Crippen LogP contribution in [-0.4, -0.2) is 9.97 Å². The highest BCUT2D eigenvalue weighted by Crippen LogP contribution is 2.29. The van der Waals surface area contributed by atoms with Gasteiger partial charge in [0.15, 0.2) is 5.69 Å². The molecule has 2 aromatic rings. The van der Waals surface area contributed by atoms with Crippen molar-refractivity contribution in [1.82, 2.24) is 9.97 Å². The third-order valence-electron chi connectivity index (χ3n) is 1.48. The first-order valence-electron chi connectivity index (χ1n) is 3.55. The topological polar surface area (TPSA) is 64.9 Å². The maximum absolute atomic E-state index is 5.39. The van der Waals surface area contributed by atoms with Crippen molar-refractivity contribution in [1.29, 1.82) is 0 Å². The van der Waals surface area contributed by atoms with Gasteiger partial charge in [-0.3, -0.25) is 0 Å². The molecule has 2 rings (SSSR count). The summed E-state index contributed by atoms with van der Waals surface area (Å²) in [4.78, 5) is 8.17. The lowest BCUT2D eigenvalue weighted by atomic mass is 10.5. The summed E-state index contributed by atoms with van der Waals surface area (Å²) in [6, 6.07) is 0. The smallest absolute Gasteiger partial charge is 0.247 e. The summed E-state index contributed by atoms with van der Waals surface area (Å²) in [6.07, 6.45) is 1.61. The molecule has 0 aliphatic rings. The predicted molar refractivity (Wildman–Crippen MR) is 53.2 cm³/mol. The maximum Gasteiger partial charge on any atom is 0.247 e. The summed E-state index contributed by atoms with van der Waals surface area (Å²) >= 11 is 4.85. The molecule has 0 amide bonds. The molecule has 0 atom stereocenters. The molecule has 0 aliphatic carbocycles. The van der Waals surface area contributed by atoms with Crippen LogP contribution in [0.2, 0.25) is 0 Å². The maximum atomic E-state index is 5.39. The minimum absolute atomic E-state index is 0.356. The zero-order valence-corrected chi connectivity index (χ0v) is 8.93. The summed E-state index contributed by atoms with van der Waals surface area (Å²) in [5.74, 6) is 1.17. The minimum atomic E-state index is 0.356. The van der Waals surface area contributed by atoms with Crippen LogP contribution in [0.3, 0.4) is 0 Å². The van der Waals surface area contributed by atoms with E-state index in [1.165, 1.54) is 11.3 Å². The molecule has 0 unspecified atom stereocenters. The number of oxazole rings is 1. The van der Waals surface area contributed by atoms with E-state index in [0.29, 0.717) is 18.2 Å². The van der Waals surface area contributed by atoms with Crippen molar-refractivity contribution in [2.45, 2.75) is 6.54 Å². The first-order chi connectivity index (χ1) is 6.31. The van der Waals surface area contributed by atoms with Crippen molar-refractivity contribution < 1.29 is 4.42 Å². The first kappa shape index (κ1) is 8.86. The summed E-state index contributed by atoms with van der Waals surface area (Å²) in [5.41, 5.74) is 7.85. The Morgan fingerprint density at radius 3 is 2.92 bits per heavy atom.